The lowest BCUT2D eigenvalue weighted by atomic mass is 10.2. The molecule has 0 aliphatic carbocycles. The summed E-state index contributed by atoms with van der Waals surface area (Å²) in [7, 11) is 0. The number of hydrogen-bond acceptors (Lipinski definition) is 2. The number of hydrogen-bond donors (Lipinski definition) is 1. The summed E-state index contributed by atoms with van der Waals surface area (Å²) >= 11 is 0. The Hall–Kier alpha value is -3.34. The monoisotopic (exact) mass is 372 g/mol. The Labute approximate surface area is 164 Å². The number of carbonyl (C=O) groups is 1. The number of anilines is 1. The fourth-order valence-electron chi connectivity index (χ4n) is 3.41. The molecular weight excluding hydrogens is 348 g/mol. The summed E-state index contributed by atoms with van der Waals surface area (Å²) in [5.74, 6) is 0.0137. The molecule has 28 heavy (non-hydrogen) atoms. The second-order valence-corrected chi connectivity index (χ2v) is 6.96. The van der Waals surface area contributed by atoms with E-state index in [0.717, 1.165) is 35.3 Å². The van der Waals surface area contributed by atoms with Crippen LogP contribution in [-0.4, -0.2) is 20.3 Å². The fourth-order valence-corrected chi connectivity index (χ4v) is 3.41. The number of aryl methyl sites for hydroxylation is 2. The highest BCUT2D eigenvalue weighted by Gasteiger charge is 2.07. The molecule has 2 aromatic carbocycles. The van der Waals surface area contributed by atoms with E-state index in [0.29, 0.717) is 12.8 Å². The molecule has 0 aliphatic heterocycles. The summed E-state index contributed by atoms with van der Waals surface area (Å²) in [4.78, 5) is 12.4. The molecular formula is C23H24N4O. The normalized spacial score (nSPS) is 11.0. The molecule has 2 aromatic heterocycles. The van der Waals surface area contributed by atoms with Gasteiger partial charge < -0.3 is 9.88 Å². The number of nitrogens with zero attached hydrogens (tertiary/aromatic N) is 3. The number of carbonyl (C=O) groups excluding carboxylic acids is 1. The minimum absolute atomic E-state index is 0.0137. The maximum Gasteiger partial charge on any atom is 0.224 e. The zero-order chi connectivity index (χ0) is 19.3. The number of benzene rings is 2. The third-order valence-corrected chi connectivity index (χ3v) is 4.82. The van der Waals surface area contributed by atoms with Crippen LogP contribution in [-0.2, 0) is 17.8 Å². The minimum Gasteiger partial charge on any atom is -0.347 e. The van der Waals surface area contributed by atoms with Crippen molar-refractivity contribution in [1.29, 1.82) is 0 Å². The molecule has 1 amide bonds. The first-order valence-electron chi connectivity index (χ1n) is 9.70. The van der Waals surface area contributed by atoms with E-state index in [1.165, 1.54) is 5.52 Å². The number of nitrogens with one attached hydrogen (secondary N) is 1. The van der Waals surface area contributed by atoms with Crippen LogP contribution in [0.15, 0.2) is 73.2 Å². The van der Waals surface area contributed by atoms with Crippen molar-refractivity contribution in [2.75, 3.05) is 5.32 Å². The van der Waals surface area contributed by atoms with Crippen LogP contribution in [0.25, 0.3) is 16.6 Å². The number of fused-ring (bicyclic) bond motifs is 1. The molecule has 4 aromatic rings. The Morgan fingerprint density at radius 2 is 1.96 bits per heavy atom. The van der Waals surface area contributed by atoms with E-state index in [1.807, 2.05) is 59.5 Å². The Kier molecular flexibility index (Phi) is 5.24. The Balaban J connectivity index is 1.36. The highest BCUT2D eigenvalue weighted by atomic mass is 16.1. The van der Waals surface area contributed by atoms with Gasteiger partial charge in [0.2, 0.25) is 5.91 Å². The first kappa shape index (κ1) is 18.0. The average Bonchev–Trinajstić information content (AvgIpc) is 3.35. The van der Waals surface area contributed by atoms with E-state index in [-0.39, 0.29) is 5.91 Å². The molecule has 0 saturated carbocycles. The molecule has 0 bridgehead atoms. The second-order valence-electron chi connectivity index (χ2n) is 6.96. The van der Waals surface area contributed by atoms with Gasteiger partial charge in [-0.1, -0.05) is 25.1 Å². The van der Waals surface area contributed by atoms with E-state index >= 15 is 0 Å². The van der Waals surface area contributed by atoms with E-state index < -0.39 is 0 Å². The Bertz CT molecular complexity index is 1080. The summed E-state index contributed by atoms with van der Waals surface area (Å²) in [6, 6.07) is 18.1. The summed E-state index contributed by atoms with van der Waals surface area (Å²) < 4.78 is 4.08. The summed E-state index contributed by atoms with van der Waals surface area (Å²) in [6.45, 7) is 3.18. The van der Waals surface area contributed by atoms with Crippen LogP contribution in [0.2, 0.25) is 0 Å². The maximum atomic E-state index is 12.4. The third-order valence-electron chi connectivity index (χ3n) is 4.82. The van der Waals surface area contributed by atoms with Crippen LogP contribution in [0.5, 0.6) is 0 Å². The summed E-state index contributed by atoms with van der Waals surface area (Å²) in [6.07, 6.45) is 8.09. The molecule has 1 N–H and O–H groups in total. The lowest BCUT2D eigenvalue weighted by Crippen LogP contribution is -2.12. The van der Waals surface area contributed by atoms with Crippen LogP contribution >= 0.6 is 0 Å². The van der Waals surface area contributed by atoms with Crippen LogP contribution in [0.4, 0.5) is 5.69 Å². The average molecular weight is 372 g/mol. The van der Waals surface area contributed by atoms with Gasteiger partial charge in [-0.2, -0.15) is 5.10 Å². The molecule has 0 atom stereocenters. The van der Waals surface area contributed by atoms with Crippen molar-refractivity contribution in [3.8, 4) is 5.69 Å². The van der Waals surface area contributed by atoms with E-state index in [1.54, 1.807) is 0 Å². The van der Waals surface area contributed by atoms with Crippen LogP contribution in [0.1, 0.15) is 25.3 Å². The molecule has 142 valence electrons. The SMILES string of the molecule is CCCn1ccc2cc(NC(=O)CCc3cnn(-c4ccccc4)c3)ccc21. The molecule has 5 heteroatoms. The van der Waals surface area contributed by atoms with Crippen molar-refractivity contribution in [1.82, 2.24) is 14.3 Å². The molecule has 4 rings (SSSR count). The van der Waals surface area contributed by atoms with Crippen molar-refractivity contribution < 1.29 is 4.79 Å². The highest BCUT2D eigenvalue weighted by Crippen LogP contribution is 2.21. The van der Waals surface area contributed by atoms with Gasteiger partial charge in [-0.05, 0) is 54.8 Å². The van der Waals surface area contributed by atoms with Crippen LogP contribution in [0, 0.1) is 0 Å². The minimum atomic E-state index is 0.0137. The van der Waals surface area contributed by atoms with Gasteiger partial charge in [-0.15, -0.1) is 0 Å². The van der Waals surface area contributed by atoms with Crippen molar-refractivity contribution in [2.45, 2.75) is 32.7 Å². The van der Waals surface area contributed by atoms with Gasteiger partial charge in [0.05, 0.1) is 11.9 Å². The Morgan fingerprint density at radius 3 is 2.79 bits per heavy atom. The quantitative estimate of drug-likeness (QED) is 0.506. The van der Waals surface area contributed by atoms with Crippen molar-refractivity contribution in [3.05, 3.63) is 78.8 Å². The number of para-hydroxylation sites is 1. The fraction of sp³-hybridized carbons (Fsp3) is 0.217. The molecule has 0 radical (unpaired) electrons. The van der Waals surface area contributed by atoms with Crippen molar-refractivity contribution in [2.24, 2.45) is 0 Å². The van der Waals surface area contributed by atoms with Gasteiger partial charge in [0.15, 0.2) is 0 Å². The number of rotatable bonds is 7. The highest BCUT2D eigenvalue weighted by molar-refractivity contribution is 5.94. The smallest absolute Gasteiger partial charge is 0.224 e. The van der Waals surface area contributed by atoms with Crippen LogP contribution in [0.3, 0.4) is 0 Å². The van der Waals surface area contributed by atoms with E-state index in [4.69, 9.17) is 0 Å². The number of amides is 1. The molecule has 2 heterocycles. The van der Waals surface area contributed by atoms with E-state index in [9.17, 15) is 4.79 Å². The van der Waals surface area contributed by atoms with Crippen LogP contribution < -0.4 is 5.32 Å². The van der Waals surface area contributed by atoms with Gasteiger partial charge in [0, 0.05) is 41.9 Å². The predicted molar refractivity (Wildman–Crippen MR) is 113 cm³/mol. The lowest BCUT2D eigenvalue weighted by molar-refractivity contribution is -0.116. The van der Waals surface area contributed by atoms with E-state index in [2.05, 4.69) is 40.2 Å². The Morgan fingerprint density at radius 1 is 1.11 bits per heavy atom. The number of aromatic nitrogens is 3. The summed E-state index contributed by atoms with van der Waals surface area (Å²) in [5, 5.41) is 8.54. The largest absolute Gasteiger partial charge is 0.347 e. The molecule has 0 saturated heterocycles. The first-order valence-corrected chi connectivity index (χ1v) is 9.70. The predicted octanol–water partition coefficient (Wildman–Crippen LogP) is 4.81. The lowest BCUT2D eigenvalue weighted by Gasteiger charge is -2.07. The zero-order valence-electron chi connectivity index (χ0n) is 16.0. The second kappa shape index (κ2) is 8.13. The molecule has 0 fully saturated rings. The van der Waals surface area contributed by atoms with Crippen molar-refractivity contribution >= 4 is 22.5 Å². The van der Waals surface area contributed by atoms with Gasteiger partial charge >= 0.3 is 0 Å². The third kappa shape index (κ3) is 3.98. The maximum absolute atomic E-state index is 12.4. The topological polar surface area (TPSA) is 51.9 Å². The molecule has 0 aliphatic rings. The molecule has 5 nitrogen and oxygen atoms in total. The van der Waals surface area contributed by atoms with Gasteiger partial charge in [-0.3, -0.25) is 4.79 Å². The first-order chi connectivity index (χ1) is 13.7. The van der Waals surface area contributed by atoms with Crippen molar-refractivity contribution in [3.63, 3.8) is 0 Å². The standard InChI is InChI=1S/C23H24N4O/c1-2-13-26-14-12-19-15-20(9-10-22(19)26)25-23(28)11-8-18-16-24-27(17-18)21-6-4-3-5-7-21/h3-7,9-10,12,14-17H,2,8,11,13H2,1H3,(H,25,28). The molecule has 0 spiro atoms. The van der Waals surface area contributed by atoms with Gasteiger partial charge in [0.1, 0.15) is 0 Å². The zero-order valence-corrected chi connectivity index (χ0v) is 16.0. The summed E-state index contributed by atoms with van der Waals surface area (Å²) in [5.41, 5.74) is 4.10. The van der Waals surface area contributed by atoms with Gasteiger partial charge in [0.25, 0.3) is 0 Å². The molecule has 0 unspecified atom stereocenters. The van der Waals surface area contributed by atoms with Gasteiger partial charge in [-0.25, -0.2) is 4.68 Å².